The normalized spacial score (nSPS) is 10.7. The van der Waals surface area contributed by atoms with Crippen LogP contribution in [0.1, 0.15) is 9.67 Å². The van der Waals surface area contributed by atoms with Gasteiger partial charge in [-0.1, -0.05) is 17.7 Å². The molecule has 0 bridgehead atoms. The number of hydrogen-bond donors (Lipinski definition) is 1. The highest BCUT2D eigenvalue weighted by molar-refractivity contribution is 7.21. The number of hydrogen-bond acceptors (Lipinski definition) is 5. The van der Waals surface area contributed by atoms with Crippen LogP contribution < -0.4 is 10.1 Å². The first kappa shape index (κ1) is 19.1. The summed E-state index contributed by atoms with van der Waals surface area (Å²) < 4.78 is 37.8. The van der Waals surface area contributed by atoms with E-state index in [1.165, 1.54) is 13.2 Å². The average Bonchev–Trinajstić information content (AvgIpc) is 2.99. The van der Waals surface area contributed by atoms with Gasteiger partial charge in [0.25, 0.3) is 5.91 Å². The molecule has 0 radical (unpaired) electrons. The van der Waals surface area contributed by atoms with E-state index in [2.05, 4.69) is 0 Å². The minimum absolute atomic E-state index is 0.116. The van der Waals surface area contributed by atoms with Crippen LogP contribution in [0.25, 0.3) is 10.1 Å². The molecule has 140 valence electrons. The maximum Gasteiger partial charge on any atom is 0.350 e. The number of carbonyl (C=O) groups excluding carboxylic acids is 2. The molecule has 3 aromatic rings. The van der Waals surface area contributed by atoms with Gasteiger partial charge in [0.2, 0.25) is 0 Å². The van der Waals surface area contributed by atoms with Crippen LogP contribution in [-0.2, 0) is 9.53 Å². The molecule has 3 rings (SSSR count). The van der Waals surface area contributed by atoms with Gasteiger partial charge in [0.15, 0.2) is 6.61 Å². The Balaban J connectivity index is 1.69. The first-order valence-electron chi connectivity index (χ1n) is 7.57. The molecular formula is C18H12ClF2NO4S. The number of amides is 1. The second-order valence-electron chi connectivity index (χ2n) is 5.33. The minimum atomic E-state index is -0.934. The predicted octanol–water partition coefficient (Wildman–Crippen LogP) is 4.64. The maximum atomic E-state index is 13.5. The monoisotopic (exact) mass is 411 g/mol. The molecule has 0 spiro atoms. The van der Waals surface area contributed by atoms with Gasteiger partial charge in [0.1, 0.15) is 27.9 Å². The van der Waals surface area contributed by atoms with E-state index < -0.39 is 35.8 Å². The molecule has 1 N–H and O–H groups in total. The lowest BCUT2D eigenvalue weighted by molar-refractivity contribution is -0.119. The van der Waals surface area contributed by atoms with Crippen molar-refractivity contribution >= 4 is 50.6 Å². The molecule has 9 heteroatoms. The zero-order valence-electron chi connectivity index (χ0n) is 13.8. The second kappa shape index (κ2) is 7.89. The molecule has 1 amide bonds. The molecule has 27 heavy (non-hydrogen) atoms. The van der Waals surface area contributed by atoms with Crippen LogP contribution in [0.5, 0.6) is 5.75 Å². The Labute approximate surface area is 161 Å². The summed E-state index contributed by atoms with van der Waals surface area (Å²) in [5, 5.41) is 2.87. The molecule has 1 heterocycles. The number of benzene rings is 2. The molecule has 0 unspecified atom stereocenters. The highest BCUT2D eigenvalue weighted by atomic mass is 35.5. The molecule has 0 aliphatic carbocycles. The Kier molecular flexibility index (Phi) is 5.57. The highest BCUT2D eigenvalue weighted by Gasteiger charge is 2.20. The smallest absolute Gasteiger partial charge is 0.350 e. The van der Waals surface area contributed by atoms with Crippen molar-refractivity contribution in [3.8, 4) is 5.75 Å². The van der Waals surface area contributed by atoms with E-state index in [0.717, 1.165) is 23.5 Å². The summed E-state index contributed by atoms with van der Waals surface area (Å²) in [7, 11) is 1.52. The van der Waals surface area contributed by atoms with Crippen LogP contribution >= 0.6 is 22.9 Å². The Morgan fingerprint density at radius 2 is 1.89 bits per heavy atom. The Morgan fingerprint density at radius 3 is 2.56 bits per heavy atom. The molecule has 0 saturated heterocycles. The zero-order chi connectivity index (χ0) is 19.6. The lowest BCUT2D eigenvalue weighted by Gasteiger charge is -2.07. The fourth-order valence-corrected chi connectivity index (χ4v) is 3.72. The van der Waals surface area contributed by atoms with E-state index in [-0.39, 0.29) is 9.90 Å². The summed E-state index contributed by atoms with van der Waals surface area (Å²) in [6.45, 7) is -0.722. The quantitative estimate of drug-likeness (QED) is 0.621. The number of rotatable bonds is 5. The third-order valence-corrected chi connectivity index (χ3v) is 5.22. The van der Waals surface area contributed by atoms with Crippen molar-refractivity contribution in [3.05, 3.63) is 57.9 Å². The van der Waals surface area contributed by atoms with Gasteiger partial charge >= 0.3 is 5.97 Å². The molecule has 0 fully saturated rings. The maximum absolute atomic E-state index is 13.5. The molecule has 0 saturated carbocycles. The Morgan fingerprint density at radius 1 is 1.19 bits per heavy atom. The van der Waals surface area contributed by atoms with Crippen LogP contribution in [0.2, 0.25) is 5.02 Å². The third-order valence-electron chi connectivity index (χ3n) is 3.58. The summed E-state index contributed by atoms with van der Waals surface area (Å²) in [5.41, 5.74) is -0.606. The van der Waals surface area contributed by atoms with Crippen molar-refractivity contribution in [3.63, 3.8) is 0 Å². The van der Waals surface area contributed by atoms with Gasteiger partial charge < -0.3 is 14.8 Å². The molecule has 0 aliphatic rings. The minimum Gasteiger partial charge on any atom is -0.497 e. The van der Waals surface area contributed by atoms with Crippen LogP contribution in [0.15, 0.2) is 36.4 Å². The first-order chi connectivity index (χ1) is 12.9. The van der Waals surface area contributed by atoms with Crippen molar-refractivity contribution in [2.75, 3.05) is 19.0 Å². The fourth-order valence-electron chi connectivity index (χ4n) is 2.29. The first-order valence-corrected chi connectivity index (χ1v) is 8.77. The topological polar surface area (TPSA) is 64.6 Å². The van der Waals surface area contributed by atoms with E-state index >= 15 is 0 Å². The fraction of sp³-hybridized carbons (Fsp3) is 0.111. The number of fused-ring (bicyclic) bond motifs is 1. The second-order valence-corrected chi connectivity index (χ2v) is 6.76. The highest BCUT2D eigenvalue weighted by Crippen LogP contribution is 2.37. The van der Waals surface area contributed by atoms with Crippen LogP contribution in [-0.4, -0.2) is 25.6 Å². The van der Waals surface area contributed by atoms with Crippen molar-refractivity contribution in [1.82, 2.24) is 0 Å². The molecule has 1 aromatic heterocycles. The SMILES string of the molecule is COc1ccc2c(Cl)c(C(=O)OCC(=O)Nc3c(F)cccc3F)sc2c1. The number of nitrogens with one attached hydrogen (secondary N) is 1. The van der Waals surface area contributed by atoms with Crippen LogP contribution in [0.3, 0.4) is 0 Å². The van der Waals surface area contributed by atoms with Crippen molar-refractivity contribution < 1.29 is 27.8 Å². The van der Waals surface area contributed by atoms with E-state index in [9.17, 15) is 18.4 Å². The van der Waals surface area contributed by atoms with E-state index in [1.54, 1.807) is 18.2 Å². The van der Waals surface area contributed by atoms with E-state index in [0.29, 0.717) is 15.8 Å². The van der Waals surface area contributed by atoms with Gasteiger partial charge in [-0.25, -0.2) is 13.6 Å². The van der Waals surface area contributed by atoms with Crippen molar-refractivity contribution in [2.24, 2.45) is 0 Å². The summed E-state index contributed by atoms with van der Waals surface area (Å²) >= 11 is 7.29. The zero-order valence-corrected chi connectivity index (χ0v) is 15.4. The largest absolute Gasteiger partial charge is 0.497 e. The number of methoxy groups -OCH3 is 1. The average molecular weight is 412 g/mol. The number of para-hydroxylation sites is 1. The van der Waals surface area contributed by atoms with Crippen molar-refractivity contribution in [1.29, 1.82) is 0 Å². The summed E-state index contributed by atoms with van der Waals surface area (Å²) in [5.74, 6) is -2.96. The molecule has 2 aromatic carbocycles. The number of thiophene rings is 1. The number of anilines is 1. The molecule has 0 atom stereocenters. The summed E-state index contributed by atoms with van der Waals surface area (Å²) in [6, 6.07) is 8.28. The van der Waals surface area contributed by atoms with Gasteiger partial charge in [0, 0.05) is 10.1 Å². The molecule has 0 aliphatic heterocycles. The Hall–Kier alpha value is -2.71. The Bertz CT molecular complexity index is 1020. The van der Waals surface area contributed by atoms with E-state index in [4.69, 9.17) is 21.1 Å². The third kappa shape index (κ3) is 4.01. The lowest BCUT2D eigenvalue weighted by atomic mass is 10.2. The van der Waals surface area contributed by atoms with Gasteiger partial charge in [0.05, 0.1) is 12.1 Å². The number of ether oxygens (including phenoxy) is 2. The lowest BCUT2D eigenvalue weighted by Crippen LogP contribution is -2.22. The van der Waals surface area contributed by atoms with Gasteiger partial charge in [-0.05, 0) is 30.3 Å². The van der Waals surface area contributed by atoms with E-state index in [1.807, 2.05) is 5.32 Å². The molecular weight excluding hydrogens is 400 g/mol. The number of carbonyl (C=O) groups is 2. The number of halogens is 3. The van der Waals surface area contributed by atoms with Gasteiger partial charge in [-0.15, -0.1) is 11.3 Å². The van der Waals surface area contributed by atoms with Crippen LogP contribution in [0.4, 0.5) is 14.5 Å². The van der Waals surface area contributed by atoms with Gasteiger partial charge in [-0.3, -0.25) is 4.79 Å². The van der Waals surface area contributed by atoms with Gasteiger partial charge in [-0.2, -0.15) is 0 Å². The van der Waals surface area contributed by atoms with Crippen molar-refractivity contribution in [2.45, 2.75) is 0 Å². The molecule has 5 nitrogen and oxygen atoms in total. The standard InChI is InChI=1S/C18H12ClF2NO4S/c1-25-9-5-6-10-13(7-9)27-17(15(10)19)18(24)26-8-14(23)22-16-11(20)3-2-4-12(16)21/h2-7H,8H2,1H3,(H,22,23). The number of esters is 1. The predicted molar refractivity (Wildman–Crippen MR) is 98.7 cm³/mol. The summed E-state index contributed by atoms with van der Waals surface area (Å²) in [4.78, 5) is 24.2. The summed E-state index contributed by atoms with van der Waals surface area (Å²) in [6.07, 6.45) is 0. The van der Waals surface area contributed by atoms with Crippen LogP contribution in [0, 0.1) is 11.6 Å².